The Bertz CT molecular complexity index is 732. The van der Waals surface area contributed by atoms with Crippen LogP contribution in [0.3, 0.4) is 0 Å². The van der Waals surface area contributed by atoms with Crippen LogP contribution in [0.2, 0.25) is 0 Å². The van der Waals surface area contributed by atoms with Gasteiger partial charge in [-0.15, -0.1) is 10.2 Å². The van der Waals surface area contributed by atoms with Gasteiger partial charge in [-0.2, -0.15) is 0 Å². The van der Waals surface area contributed by atoms with Crippen molar-refractivity contribution in [2.24, 2.45) is 0 Å². The van der Waals surface area contributed by atoms with Crippen LogP contribution < -0.4 is 5.32 Å². The summed E-state index contributed by atoms with van der Waals surface area (Å²) in [5.74, 6) is -0.169. The second-order valence-corrected chi connectivity index (χ2v) is 5.31. The second-order valence-electron chi connectivity index (χ2n) is 4.04. The molecule has 19 heavy (non-hydrogen) atoms. The molecule has 3 aromatic rings. The minimum Gasteiger partial charge on any atom is -0.463 e. The van der Waals surface area contributed by atoms with Crippen LogP contribution in [-0.2, 0) is 6.54 Å². The van der Waals surface area contributed by atoms with Gasteiger partial charge in [-0.3, -0.25) is 4.79 Å². The lowest BCUT2D eigenvalue weighted by Gasteiger charge is -2.00. The molecule has 0 saturated carbocycles. The first-order valence-corrected chi connectivity index (χ1v) is 6.59. The van der Waals surface area contributed by atoms with E-state index in [0.29, 0.717) is 17.7 Å². The lowest BCUT2D eigenvalue weighted by Crippen LogP contribution is -2.22. The third-order valence-corrected chi connectivity index (χ3v) is 3.53. The van der Waals surface area contributed by atoms with E-state index in [1.54, 1.807) is 0 Å². The van der Waals surface area contributed by atoms with Crippen LogP contribution in [0.1, 0.15) is 20.4 Å². The molecule has 5 nitrogen and oxygen atoms in total. The number of hydrogen-bond donors (Lipinski definition) is 1. The van der Waals surface area contributed by atoms with Gasteiger partial charge < -0.3 is 9.73 Å². The summed E-state index contributed by atoms with van der Waals surface area (Å²) >= 11 is 1.47. The lowest BCUT2D eigenvalue weighted by molar-refractivity contribution is 0.0951. The van der Waals surface area contributed by atoms with E-state index in [4.69, 9.17) is 4.42 Å². The third kappa shape index (κ3) is 2.34. The molecule has 1 amide bonds. The summed E-state index contributed by atoms with van der Waals surface area (Å²) in [6.07, 6.45) is 1.48. The fraction of sp³-hybridized carbons (Fsp3) is 0.154. The quantitative estimate of drug-likeness (QED) is 0.796. The van der Waals surface area contributed by atoms with Gasteiger partial charge >= 0.3 is 0 Å². The molecule has 0 aliphatic carbocycles. The zero-order valence-corrected chi connectivity index (χ0v) is 11.0. The van der Waals surface area contributed by atoms with E-state index in [-0.39, 0.29) is 5.91 Å². The van der Waals surface area contributed by atoms with Crippen molar-refractivity contribution in [1.82, 2.24) is 15.5 Å². The maximum atomic E-state index is 12.1. The number of nitrogens with zero attached hydrogens (tertiary/aromatic N) is 2. The maximum absolute atomic E-state index is 12.1. The van der Waals surface area contributed by atoms with Gasteiger partial charge in [-0.1, -0.05) is 29.5 Å². The van der Waals surface area contributed by atoms with Gasteiger partial charge in [0.1, 0.15) is 21.9 Å². The van der Waals surface area contributed by atoms with Gasteiger partial charge in [0.15, 0.2) is 0 Å². The Morgan fingerprint density at radius 2 is 2.21 bits per heavy atom. The Kier molecular flexibility index (Phi) is 3.00. The standard InChI is InChI=1S/C13H11N3O2S/c1-8-15-16-12(19-8)6-14-13(17)10-7-18-11-5-3-2-4-9(10)11/h2-5,7H,6H2,1H3,(H,14,17). The summed E-state index contributed by atoms with van der Waals surface area (Å²) in [6, 6.07) is 7.45. The SMILES string of the molecule is Cc1nnc(CNC(=O)c2coc3ccccc23)s1. The zero-order chi connectivity index (χ0) is 13.2. The van der Waals surface area contributed by atoms with E-state index in [0.717, 1.165) is 15.4 Å². The van der Waals surface area contributed by atoms with Crippen molar-refractivity contribution in [3.8, 4) is 0 Å². The average Bonchev–Trinajstić information content (AvgIpc) is 3.02. The molecule has 0 aliphatic rings. The van der Waals surface area contributed by atoms with Crippen molar-refractivity contribution in [2.75, 3.05) is 0 Å². The van der Waals surface area contributed by atoms with Crippen molar-refractivity contribution in [2.45, 2.75) is 13.5 Å². The Balaban J connectivity index is 1.77. The zero-order valence-electron chi connectivity index (χ0n) is 10.2. The first-order valence-electron chi connectivity index (χ1n) is 5.77. The van der Waals surface area contributed by atoms with E-state index in [9.17, 15) is 4.79 Å². The number of fused-ring (bicyclic) bond motifs is 1. The van der Waals surface area contributed by atoms with E-state index in [1.807, 2.05) is 31.2 Å². The average molecular weight is 273 g/mol. The number of carbonyl (C=O) groups is 1. The first kappa shape index (κ1) is 11.9. The third-order valence-electron chi connectivity index (χ3n) is 2.69. The molecule has 2 aromatic heterocycles. The van der Waals surface area contributed by atoms with Gasteiger partial charge in [0, 0.05) is 5.39 Å². The van der Waals surface area contributed by atoms with Crippen molar-refractivity contribution in [3.63, 3.8) is 0 Å². The number of rotatable bonds is 3. The summed E-state index contributed by atoms with van der Waals surface area (Å²) in [6.45, 7) is 2.26. The predicted octanol–water partition coefficient (Wildman–Crippen LogP) is 2.52. The van der Waals surface area contributed by atoms with Gasteiger partial charge in [-0.05, 0) is 13.0 Å². The Morgan fingerprint density at radius 1 is 1.37 bits per heavy atom. The number of amides is 1. The normalized spacial score (nSPS) is 10.8. The summed E-state index contributed by atoms with van der Waals surface area (Å²) in [7, 11) is 0. The molecular weight excluding hydrogens is 262 g/mol. The number of aryl methyl sites for hydroxylation is 1. The number of hydrogen-bond acceptors (Lipinski definition) is 5. The van der Waals surface area contributed by atoms with Crippen molar-refractivity contribution >= 4 is 28.2 Å². The molecule has 0 bridgehead atoms. The molecule has 0 aliphatic heterocycles. The molecule has 96 valence electrons. The predicted molar refractivity (Wildman–Crippen MR) is 72.0 cm³/mol. The van der Waals surface area contributed by atoms with Gasteiger partial charge in [0.2, 0.25) is 0 Å². The van der Waals surface area contributed by atoms with E-state index < -0.39 is 0 Å². The van der Waals surface area contributed by atoms with Gasteiger partial charge in [-0.25, -0.2) is 0 Å². The molecule has 0 unspecified atom stereocenters. The van der Waals surface area contributed by atoms with E-state index in [2.05, 4.69) is 15.5 Å². The Morgan fingerprint density at radius 3 is 3.00 bits per heavy atom. The topological polar surface area (TPSA) is 68.0 Å². The second kappa shape index (κ2) is 4.81. The first-order chi connectivity index (χ1) is 9.24. The van der Waals surface area contributed by atoms with Crippen LogP contribution in [0, 0.1) is 6.92 Å². The van der Waals surface area contributed by atoms with Crippen molar-refractivity contribution < 1.29 is 9.21 Å². The molecule has 2 heterocycles. The van der Waals surface area contributed by atoms with E-state index in [1.165, 1.54) is 17.6 Å². The minimum atomic E-state index is -0.169. The number of para-hydroxylation sites is 1. The van der Waals surface area contributed by atoms with Crippen molar-refractivity contribution in [3.05, 3.63) is 46.1 Å². The van der Waals surface area contributed by atoms with Crippen LogP contribution in [0.5, 0.6) is 0 Å². The van der Waals surface area contributed by atoms with Crippen LogP contribution in [0.15, 0.2) is 34.9 Å². The summed E-state index contributed by atoms with van der Waals surface area (Å²) < 4.78 is 5.34. The largest absolute Gasteiger partial charge is 0.463 e. The summed E-state index contributed by atoms with van der Waals surface area (Å²) in [5, 5.41) is 13.2. The van der Waals surface area contributed by atoms with Crippen LogP contribution >= 0.6 is 11.3 Å². The Labute approximate surface area is 113 Å². The molecule has 6 heteroatoms. The number of aromatic nitrogens is 2. The number of carbonyl (C=O) groups excluding carboxylic acids is 1. The number of benzene rings is 1. The molecule has 1 aromatic carbocycles. The highest BCUT2D eigenvalue weighted by Crippen LogP contribution is 2.20. The Hall–Kier alpha value is -2.21. The van der Waals surface area contributed by atoms with Crippen LogP contribution in [0.4, 0.5) is 0 Å². The van der Waals surface area contributed by atoms with Crippen molar-refractivity contribution in [1.29, 1.82) is 0 Å². The van der Waals surface area contributed by atoms with E-state index >= 15 is 0 Å². The molecule has 1 N–H and O–H groups in total. The number of furan rings is 1. The molecule has 0 atom stereocenters. The van der Waals surface area contributed by atoms with Crippen LogP contribution in [0.25, 0.3) is 11.0 Å². The minimum absolute atomic E-state index is 0.169. The highest BCUT2D eigenvalue weighted by Gasteiger charge is 2.13. The monoisotopic (exact) mass is 273 g/mol. The lowest BCUT2D eigenvalue weighted by atomic mass is 10.1. The molecule has 3 rings (SSSR count). The molecule has 0 saturated heterocycles. The fourth-order valence-electron chi connectivity index (χ4n) is 1.81. The van der Waals surface area contributed by atoms with Gasteiger partial charge in [0.05, 0.1) is 12.1 Å². The molecular formula is C13H11N3O2S. The smallest absolute Gasteiger partial charge is 0.255 e. The summed E-state index contributed by atoms with van der Waals surface area (Å²) in [4.78, 5) is 12.1. The molecule has 0 fully saturated rings. The van der Waals surface area contributed by atoms with Gasteiger partial charge in [0.25, 0.3) is 5.91 Å². The molecule has 0 spiro atoms. The maximum Gasteiger partial charge on any atom is 0.255 e. The highest BCUT2D eigenvalue weighted by molar-refractivity contribution is 7.11. The number of nitrogens with one attached hydrogen (secondary N) is 1. The summed E-state index contributed by atoms with van der Waals surface area (Å²) in [5.41, 5.74) is 1.25. The molecule has 0 radical (unpaired) electrons. The highest BCUT2D eigenvalue weighted by atomic mass is 32.1. The fourth-order valence-corrected chi connectivity index (χ4v) is 2.46. The van der Waals surface area contributed by atoms with Crippen LogP contribution in [-0.4, -0.2) is 16.1 Å².